The molecule has 0 radical (unpaired) electrons. The summed E-state index contributed by atoms with van der Waals surface area (Å²) in [6.45, 7) is -0.198. The Kier molecular flexibility index (Phi) is 4.23. The predicted octanol–water partition coefficient (Wildman–Crippen LogP) is 2.01. The maximum absolute atomic E-state index is 13.6. The summed E-state index contributed by atoms with van der Waals surface area (Å²) < 4.78 is 41.6. The summed E-state index contributed by atoms with van der Waals surface area (Å²) in [6.07, 6.45) is 0. The van der Waals surface area contributed by atoms with Gasteiger partial charge in [0.25, 0.3) is 5.91 Å². The Morgan fingerprint density at radius 1 is 1.08 bits per heavy atom. The molecule has 122 valence electrons. The maximum atomic E-state index is 13.6. The van der Waals surface area contributed by atoms with Gasteiger partial charge in [0.15, 0.2) is 5.82 Å². The number of nitrogens with one attached hydrogen (secondary N) is 1. The van der Waals surface area contributed by atoms with E-state index in [0.717, 1.165) is 18.2 Å². The van der Waals surface area contributed by atoms with Crippen LogP contribution in [0.4, 0.5) is 13.2 Å². The summed E-state index contributed by atoms with van der Waals surface area (Å²) in [5, 5.41) is 13.2. The van der Waals surface area contributed by atoms with Crippen molar-refractivity contribution in [2.45, 2.75) is 6.54 Å². The molecule has 0 aliphatic carbocycles. The Labute approximate surface area is 133 Å². The van der Waals surface area contributed by atoms with Crippen molar-refractivity contribution in [3.05, 3.63) is 71.3 Å². The van der Waals surface area contributed by atoms with Crippen LogP contribution in [-0.2, 0) is 6.54 Å². The molecule has 0 aliphatic rings. The zero-order valence-electron chi connectivity index (χ0n) is 12.1. The van der Waals surface area contributed by atoms with E-state index in [4.69, 9.17) is 0 Å². The van der Waals surface area contributed by atoms with Crippen LogP contribution in [0.1, 0.15) is 16.2 Å². The van der Waals surface area contributed by atoms with Gasteiger partial charge in [0.2, 0.25) is 0 Å². The van der Waals surface area contributed by atoms with E-state index in [-0.39, 0.29) is 12.4 Å². The summed E-state index contributed by atoms with van der Waals surface area (Å²) in [5.41, 5.74) is -0.344. The predicted molar refractivity (Wildman–Crippen MR) is 76.6 cm³/mol. The normalized spacial score (nSPS) is 10.6. The molecule has 0 unspecified atom stereocenters. The number of aromatic nitrogens is 4. The van der Waals surface area contributed by atoms with Crippen LogP contribution in [-0.4, -0.2) is 26.1 Å². The van der Waals surface area contributed by atoms with Crippen molar-refractivity contribution >= 4 is 5.91 Å². The smallest absolute Gasteiger partial charge is 0.257 e. The van der Waals surface area contributed by atoms with E-state index < -0.39 is 28.9 Å². The Hall–Kier alpha value is -3.23. The molecule has 0 spiro atoms. The summed E-state index contributed by atoms with van der Waals surface area (Å²) in [5.74, 6) is -3.20. The van der Waals surface area contributed by atoms with Crippen molar-refractivity contribution in [3.8, 4) is 5.69 Å². The first kappa shape index (κ1) is 15.7. The molecule has 0 aliphatic heterocycles. The molecule has 1 aromatic heterocycles. The minimum absolute atomic E-state index is 0.172. The number of hydrogen-bond donors (Lipinski definition) is 1. The van der Waals surface area contributed by atoms with Crippen molar-refractivity contribution in [1.29, 1.82) is 0 Å². The largest absolute Gasteiger partial charge is 0.344 e. The van der Waals surface area contributed by atoms with Gasteiger partial charge in [0.05, 0.1) is 12.2 Å². The van der Waals surface area contributed by atoms with E-state index in [2.05, 4.69) is 20.8 Å². The van der Waals surface area contributed by atoms with Gasteiger partial charge in [-0.15, -0.1) is 5.10 Å². The third-order valence-electron chi connectivity index (χ3n) is 3.18. The molecule has 0 fully saturated rings. The second-order valence-electron chi connectivity index (χ2n) is 4.77. The fourth-order valence-electron chi connectivity index (χ4n) is 2.09. The number of benzene rings is 2. The molecule has 24 heavy (non-hydrogen) atoms. The van der Waals surface area contributed by atoms with Gasteiger partial charge in [-0.25, -0.2) is 13.2 Å². The highest BCUT2D eigenvalue weighted by Crippen LogP contribution is 2.13. The van der Waals surface area contributed by atoms with Crippen LogP contribution in [0.2, 0.25) is 0 Å². The van der Waals surface area contributed by atoms with Crippen LogP contribution in [0.15, 0.2) is 42.5 Å². The molecule has 0 saturated carbocycles. The van der Waals surface area contributed by atoms with E-state index in [1.165, 1.54) is 22.9 Å². The van der Waals surface area contributed by atoms with Crippen LogP contribution in [0.3, 0.4) is 0 Å². The molecule has 9 heteroatoms. The number of rotatable bonds is 4. The van der Waals surface area contributed by atoms with Crippen LogP contribution in [0.25, 0.3) is 5.69 Å². The number of halogens is 3. The first-order valence-corrected chi connectivity index (χ1v) is 6.81. The number of amides is 1. The molecule has 1 amide bonds. The fourth-order valence-corrected chi connectivity index (χ4v) is 2.09. The molecule has 0 bridgehead atoms. The molecule has 1 heterocycles. The monoisotopic (exact) mass is 333 g/mol. The van der Waals surface area contributed by atoms with Gasteiger partial charge in [0, 0.05) is 0 Å². The van der Waals surface area contributed by atoms with Gasteiger partial charge in [-0.1, -0.05) is 12.1 Å². The highest BCUT2D eigenvalue weighted by Gasteiger charge is 2.18. The SMILES string of the molecule is O=C(NCc1nnnn1-c1cccc(F)c1)c1c(F)cccc1F. The lowest BCUT2D eigenvalue weighted by Crippen LogP contribution is -2.26. The van der Waals surface area contributed by atoms with E-state index in [0.29, 0.717) is 5.69 Å². The highest BCUT2D eigenvalue weighted by molar-refractivity contribution is 5.94. The molecular weight excluding hydrogens is 323 g/mol. The molecule has 2 aromatic carbocycles. The topological polar surface area (TPSA) is 72.7 Å². The number of nitrogens with zero attached hydrogens (tertiary/aromatic N) is 4. The number of tetrazole rings is 1. The molecule has 0 saturated heterocycles. The quantitative estimate of drug-likeness (QED) is 0.793. The molecule has 1 N–H and O–H groups in total. The molecule has 0 atom stereocenters. The van der Waals surface area contributed by atoms with Crippen molar-refractivity contribution in [3.63, 3.8) is 0 Å². The number of hydrogen-bond acceptors (Lipinski definition) is 4. The Morgan fingerprint density at radius 2 is 1.79 bits per heavy atom. The minimum atomic E-state index is -0.975. The Balaban J connectivity index is 1.79. The molecular formula is C15H10F3N5O. The average molecular weight is 333 g/mol. The first-order valence-electron chi connectivity index (χ1n) is 6.81. The third kappa shape index (κ3) is 3.09. The van der Waals surface area contributed by atoms with Crippen LogP contribution < -0.4 is 5.32 Å². The fraction of sp³-hybridized carbons (Fsp3) is 0.0667. The number of carbonyl (C=O) groups is 1. The second-order valence-corrected chi connectivity index (χ2v) is 4.77. The lowest BCUT2D eigenvalue weighted by Gasteiger charge is -2.07. The highest BCUT2D eigenvalue weighted by atomic mass is 19.1. The van der Waals surface area contributed by atoms with Gasteiger partial charge in [-0.3, -0.25) is 4.79 Å². The lowest BCUT2D eigenvalue weighted by atomic mass is 10.2. The molecule has 3 aromatic rings. The maximum Gasteiger partial charge on any atom is 0.257 e. The zero-order valence-corrected chi connectivity index (χ0v) is 12.1. The van der Waals surface area contributed by atoms with Crippen LogP contribution >= 0.6 is 0 Å². The van der Waals surface area contributed by atoms with Crippen molar-refractivity contribution < 1.29 is 18.0 Å². The van der Waals surface area contributed by atoms with Gasteiger partial charge in [0.1, 0.15) is 23.0 Å². The van der Waals surface area contributed by atoms with Crippen molar-refractivity contribution in [2.75, 3.05) is 0 Å². The first-order chi connectivity index (χ1) is 11.6. The van der Waals surface area contributed by atoms with Crippen LogP contribution in [0, 0.1) is 17.5 Å². The number of carbonyl (C=O) groups excluding carboxylic acids is 1. The molecule has 3 rings (SSSR count). The Morgan fingerprint density at radius 3 is 2.50 bits per heavy atom. The standard InChI is InChI=1S/C15H10F3N5O/c16-9-3-1-4-10(7-9)23-13(20-21-22-23)8-19-15(24)14-11(17)5-2-6-12(14)18/h1-7H,8H2,(H,19,24). The summed E-state index contributed by atoms with van der Waals surface area (Å²) in [7, 11) is 0. The van der Waals surface area contributed by atoms with E-state index in [1.807, 2.05) is 0 Å². The average Bonchev–Trinajstić information content (AvgIpc) is 3.01. The van der Waals surface area contributed by atoms with Gasteiger partial charge >= 0.3 is 0 Å². The molecule has 6 nitrogen and oxygen atoms in total. The minimum Gasteiger partial charge on any atom is -0.344 e. The Bertz CT molecular complexity index is 876. The zero-order chi connectivity index (χ0) is 17.1. The summed E-state index contributed by atoms with van der Waals surface area (Å²) in [4.78, 5) is 12.0. The summed E-state index contributed by atoms with van der Waals surface area (Å²) >= 11 is 0. The second kappa shape index (κ2) is 6.49. The van der Waals surface area contributed by atoms with E-state index in [9.17, 15) is 18.0 Å². The van der Waals surface area contributed by atoms with E-state index >= 15 is 0 Å². The van der Waals surface area contributed by atoms with Crippen LogP contribution in [0.5, 0.6) is 0 Å². The summed E-state index contributed by atoms with van der Waals surface area (Å²) in [6, 6.07) is 8.63. The van der Waals surface area contributed by atoms with E-state index in [1.54, 1.807) is 6.07 Å². The van der Waals surface area contributed by atoms with Crippen molar-refractivity contribution in [1.82, 2.24) is 25.5 Å². The van der Waals surface area contributed by atoms with Gasteiger partial charge < -0.3 is 5.32 Å². The third-order valence-corrected chi connectivity index (χ3v) is 3.18. The van der Waals surface area contributed by atoms with Gasteiger partial charge in [-0.05, 0) is 40.8 Å². The van der Waals surface area contributed by atoms with Gasteiger partial charge in [-0.2, -0.15) is 4.68 Å². The van der Waals surface area contributed by atoms with Crippen molar-refractivity contribution in [2.24, 2.45) is 0 Å². The lowest BCUT2D eigenvalue weighted by molar-refractivity contribution is 0.0941.